The average molecular weight is 421 g/mol. The Kier molecular flexibility index (Phi) is 4.88. The Bertz CT molecular complexity index is 1420. The van der Waals surface area contributed by atoms with Crippen LogP contribution in [-0.4, -0.2) is 32.8 Å². The van der Waals surface area contributed by atoms with Gasteiger partial charge in [-0.2, -0.15) is 5.10 Å². The van der Waals surface area contributed by atoms with E-state index in [0.717, 1.165) is 27.9 Å². The molecule has 3 aromatic carbocycles. The van der Waals surface area contributed by atoms with E-state index in [-0.39, 0.29) is 5.69 Å². The van der Waals surface area contributed by atoms with Gasteiger partial charge in [0.15, 0.2) is 11.3 Å². The standard InChI is InChI=1S/C26H19N3O3/c1-32-24-10-6-5-9-20(24)21-15-23(29-25(27-21)16-22(28-29)26(30)31)19-13-11-18(12-14-19)17-7-3-2-4-8-17/h2-16H,1H3,(H,30,31). The Labute approximate surface area is 184 Å². The third-order valence-corrected chi connectivity index (χ3v) is 5.32. The first-order valence-electron chi connectivity index (χ1n) is 10.1. The van der Waals surface area contributed by atoms with Gasteiger partial charge in [-0.3, -0.25) is 0 Å². The lowest BCUT2D eigenvalue weighted by Crippen LogP contribution is -2.01. The van der Waals surface area contributed by atoms with Gasteiger partial charge in [-0.15, -0.1) is 0 Å². The molecule has 156 valence electrons. The summed E-state index contributed by atoms with van der Waals surface area (Å²) in [5.74, 6) is -0.410. The van der Waals surface area contributed by atoms with Crippen LogP contribution >= 0.6 is 0 Å². The number of nitrogens with zero attached hydrogens (tertiary/aromatic N) is 3. The molecule has 1 N–H and O–H groups in total. The van der Waals surface area contributed by atoms with Crippen molar-refractivity contribution in [1.29, 1.82) is 0 Å². The number of carbonyl (C=O) groups is 1. The topological polar surface area (TPSA) is 76.7 Å². The maximum atomic E-state index is 11.6. The molecule has 5 aromatic rings. The van der Waals surface area contributed by atoms with Gasteiger partial charge >= 0.3 is 5.97 Å². The normalized spacial score (nSPS) is 10.9. The Morgan fingerprint density at radius 1 is 0.844 bits per heavy atom. The number of carboxylic acid groups (broad SMARTS) is 1. The van der Waals surface area contributed by atoms with Crippen molar-refractivity contribution in [3.8, 4) is 39.4 Å². The van der Waals surface area contributed by atoms with Crippen molar-refractivity contribution < 1.29 is 14.6 Å². The molecule has 0 aliphatic rings. The zero-order valence-corrected chi connectivity index (χ0v) is 17.3. The van der Waals surface area contributed by atoms with Crippen LogP contribution < -0.4 is 4.74 Å². The molecule has 0 aliphatic heterocycles. The molecule has 0 bridgehead atoms. The molecule has 32 heavy (non-hydrogen) atoms. The number of methoxy groups -OCH3 is 1. The van der Waals surface area contributed by atoms with Crippen LogP contribution in [0.3, 0.4) is 0 Å². The van der Waals surface area contributed by atoms with Crippen LogP contribution in [0.1, 0.15) is 10.5 Å². The van der Waals surface area contributed by atoms with Crippen molar-refractivity contribution in [1.82, 2.24) is 14.6 Å². The minimum absolute atomic E-state index is 0.0585. The van der Waals surface area contributed by atoms with Crippen LogP contribution in [0.4, 0.5) is 0 Å². The molecular formula is C26H19N3O3. The minimum atomic E-state index is -1.10. The summed E-state index contributed by atoms with van der Waals surface area (Å²) in [6.07, 6.45) is 0. The third kappa shape index (κ3) is 3.48. The van der Waals surface area contributed by atoms with Gasteiger partial charge < -0.3 is 9.84 Å². The molecule has 6 heteroatoms. The Balaban J connectivity index is 1.69. The van der Waals surface area contributed by atoms with E-state index in [0.29, 0.717) is 17.1 Å². The molecule has 0 aliphatic carbocycles. The zero-order valence-electron chi connectivity index (χ0n) is 17.3. The van der Waals surface area contributed by atoms with Gasteiger partial charge in [0.05, 0.1) is 18.5 Å². The SMILES string of the molecule is COc1ccccc1-c1cc(-c2ccc(-c3ccccc3)cc2)n2nc(C(=O)O)cc2n1. The van der Waals surface area contributed by atoms with E-state index in [1.165, 1.54) is 6.07 Å². The molecule has 2 heterocycles. The number of hydrogen-bond acceptors (Lipinski definition) is 4. The van der Waals surface area contributed by atoms with Crippen LogP contribution in [-0.2, 0) is 0 Å². The smallest absolute Gasteiger partial charge is 0.356 e. The van der Waals surface area contributed by atoms with E-state index in [4.69, 9.17) is 4.74 Å². The molecule has 0 radical (unpaired) electrons. The predicted molar refractivity (Wildman–Crippen MR) is 123 cm³/mol. The van der Waals surface area contributed by atoms with Crippen LogP contribution in [0.2, 0.25) is 0 Å². The number of aromatic nitrogens is 3. The highest BCUT2D eigenvalue weighted by Gasteiger charge is 2.17. The third-order valence-electron chi connectivity index (χ3n) is 5.32. The number of rotatable bonds is 5. The number of hydrogen-bond donors (Lipinski definition) is 1. The minimum Gasteiger partial charge on any atom is -0.496 e. The predicted octanol–water partition coefficient (Wildman–Crippen LogP) is 5.44. The highest BCUT2D eigenvalue weighted by molar-refractivity contribution is 5.87. The lowest BCUT2D eigenvalue weighted by Gasteiger charge is -2.12. The van der Waals surface area contributed by atoms with Gasteiger partial charge in [0, 0.05) is 17.2 Å². The second-order valence-corrected chi connectivity index (χ2v) is 7.28. The summed E-state index contributed by atoms with van der Waals surface area (Å²) in [4.78, 5) is 16.2. The molecule has 6 nitrogen and oxygen atoms in total. The summed E-state index contributed by atoms with van der Waals surface area (Å²) in [5.41, 5.74) is 5.74. The summed E-state index contributed by atoms with van der Waals surface area (Å²) in [7, 11) is 1.61. The first kappa shape index (κ1) is 19.5. The van der Waals surface area contributed by atoms with E-state index in [2.05, 4.69) is 22.2 Å². The summed E-state index contributed by atoms with van der Waals surface area (Å²) < 4.78 is 7.08. The Morgan fingerprint density at radius 3 is 2.22 bits per heavy atom. The van der Waals surface area contributed by atoms with Gasteiger partial charge in [-0.05, 0) is 29.3 Å². The first-order valence-corrected chi connectivity index (χ1v) is 10.1. The van der Waals surface area contributed by atoms with Crippen molar-refractivity contribution in [2.45, 2.75) is 0 Å². The van der Waals surface area contributed by atoms with Gasteiger partial charge in [0.25, 0.3) is 0 Å². The summed E-state index contributed by atoms with van der Waals surface area (Å²) in [6.45, 7) is 0. The molecule has 0 atom stereocenters. The second kappa shape index (κ2) is 8.00. The van der Waals surface area contributed by atoms with Crippen LogP contribution in [0, 0.1) is 0 Å². The average Bonchev–Trinajstić information content (AvgIpc) is 3.29. The van der Waals surface area contributed by atoms with Gasteiger partial charge in [0.1, 0.15) is 5.75 Å². The molecule has 0 saturated heterocycles. The summed E-state index contributed by atoms with van der Waals surface area (Å²) in [5, 5.41) is 13.7. The van der Waals surface area contributed by atoms with Gasteiger partial charge in [-0.1, -0.05) is 66.7 Å². The monoisotopic (exact) mass is 421 g/mol. The van der Waals surface area contributed by atoms with Crippen LogP contribution in [0.15, 0.2) is 91.0 Å². The summed E-state index contributed by atoms with van der Waals surface area (Å²) >= 11 is 0. The van der Waals surface area contributed by atoms with Crippen LogP contribution in [0.25, 0.3) is 39.3 Å². The fourth-order valence-electron chi connectivity index (χ4n) is 3.74. The molecule has 0 fully saturated rings. The van der Waals surface area contributed by atoms with E-state index in [9.17, 15) is 9.90 Å². The van der Waals surface area contributed by atoms with Crippen molar-refractivity contribution in [3.63, 3.8) is 0 Å². The highest BCUT2D eigenvalue weighted by Crippen LogP contribution is 2.32. The van der Waals surface area contributed by atoms with Crippen molar-refractivity contribution in [2.75, 3.05) is 7.11 Å². The lowest BCUT2D eigenvalue weighted by molar-refractivity contribution is 0.0690. The first-order chi connectivity index (χ1) is 15.6. The van der Waals surface area contributed by atoms with E-state index < -0.39 is 5.97 Å². The maximum absolute atomic E-state index is 11.6. The Hall–Kier alpha value is -4.45. The molecule has 5 rings (SSSR count). The number of benzene rings is 3. The Morgan fingerprint density at radius 2 is 1.50 bits per heavy atom. The zero-order chi connectivity index (χ0) is 22.1. The van der Waals surface area contributed by atoms with Crippen molar-refractivity contribution >= 4 is 11.6 Å². The van der Waals surface area contributed by atoms with Crippen molar-refractivity contribution in [2.24, 2.45) is 0 Å². The largest absolute Gasteiger partial charge is 0.496 e. The number of carboxylic acids is 1. The van der Waals surface area contributed by atoms with E-state index >= 15 is 0 Å². The van der Waals surface area contributed by atoms with Gasteiger partial charge in [0.2, 0.25) is 0 Å². The van der Waals surface area contributed by atoms with E-state index in [1.54, 1.807) is 11.6 Å². The molecule has 0 spiro atoms. The highest BCUT2D eigenvalue weighted by atomic mass is 16.5. The molecule has 0 amide bonds. The molecular weight excluding hydrogens is 402 g/mol. The van der Waals surface area contributed by atoms with Crippen LogP contribution in [0.5, 0.6) is 5.75 Å². The number of para-hydroxylation sites is 1. The number of ether oxygens (including phenoxy) is 1. The quantitative estimate of drug-likeness (QED) is 0.409. The summed E-state index contributed by atoms with van der Waals surface area (Å²) in [6, 6.07) is 29.2. The van der Waals surface area contributed by atoms with Crippen molar-refractivity contribution in [3.05, 3.63) is 96.7 Å². The maximum Gasteiger partial charge on any atom is 0.356 e. The van der Waals surface area contributed by atoms with Gasteiger partial charge in [-0.25, -0.2) is 14.3 Å². The lowest BCUT2D eigenvalue weighted by atomic mass is 10.0. The number of aromatic carboxylic acids is 1. The second-order valence-electron chi connectivity index (χ2n) is 7.28. The van der Waals surface area contributed by atoms with E-state index in [1.807, 2.05) is 72.8 Å². The molecule has 0 saturated carbocycles. The fraction of sp³-hybridized carbons (Fsp3) is 0.0385. The fourth-order valence-corrected chi connectivity index (χ4v) is 3.74. The molecule has 2 aromatic heterocycles. The molecule has 0 unspecified atom stereocenters. The number of fused-ring (bicyclic) bond motifs is 1.